The highest BCUT2D eigenvalue weighted by molar-refractivity contribution is 9.10. The molecule has 0 spiro atoms. The third kappa shape index (κ3) is 5.21. The van der Waals surface area contributed by atoms with Crippen molar-refractivity contribution < 1.29 is 4.74 Å². The standard InChI is InChI=1S/C14H22BrNOS/c1-10(2)18-9-12(16-3)7-11-8-13(17-4)5-6-14(11)15/h5-6,8,10,12,16H,7,9H2,1-4H3. The second kappa shape index (κ2) is 8.08. The molecule has 18 heavy (non-hydrogen) atoms. The Morgan fingerprint density at radius 3 is 2.67 bits per heavy atom. The molecule has 0 fully saturated rings. The van der Waals surface area contributed by atoms with Crippen LogP contribution in [0.5, 0.6) is 5.75 Å². The SMILES string of the molecule is CNC(CSC(C)C)Cc1cc(OC)ccc1Br. The molecule has 0 radical (unpaired) electrons. The van der Waals surface area contributed by atoms with Crippen LogP contribution in [0.1, 0.15) is 19.4 Å². The molecule has 0 amide bonds. The van der Waals surface area contributed by atoms with Crippen molar-refractivity contribution in [3.63, 3.8) is 0 Å². The third-order valence-electron chi connectivity index (χ3n) is 2.76. The molecular weight excluding hydrogens is 310 g/mol. The van der Waals surface area contributed by atoms with Crippen molar-refractivity contribution in [2.24, 2.45) is 0 Å². The topological polar surface area (TPSA) is 21.3 Å². The van der Waals surface area contributed by atoms with Crippen molar-refractivity contribution in [1.82, 2.24) is 5.32 Å². The van der Waals surface area contributed by atoms with E-state index in [0.717, 1.165) is 22.4 Å². The minimum atomic E-state index is 0.487. The molecule has 2 nitrogen and oxygen atoms in total. The van der Waals surface area contributed by atoms with Crippen LogP contribution in [0.25, 0.3) is 0 Å². The summed E-state index contributed by atoms with van der Waals surface area (Å²) in [6.45, 7) is 4.47. The van der Waals surface area contributed by atoms with Gasteiger partial charge in [0.25, 0.3) is 0 Å². The zero-order valence-electron chi connectivity index (χ0n) is 11.5. The zero-order chi connectivity index (χ0) is 13.5. The molecule has 0 bridgehead atoms. The van der Waals surface area contributed by atoms with E-state index in [4.69, 9.17) is 4.74 Å². The molecule has 0 saturated carbocycles. The van der Waals surface area contributed by atoms with Crippen LogP contribution >= 0.6 is 27.7 Å². The number of nitrogens with one attached hydrogen (secondary N) is 1. The van der Waals surface area contributed by atoms with Crippen molar-refractivity contribution in [2.75, 3.05) is 19.9 Å². The Hall–Kier alpha value is -0.190. The van der Waals surface area contributed by atoms with Gasteiger partial charge in [0.2, 0.25) is 0 Å². The predicted octanol–water partition coefficient (Wildman–Crippen LogP) is 3.73. The van der Waals surface area contributed by atoms with Crippen LogP contribution in [0.3, 0.4) is 0 Å². The van der Waals surface area contributed by atoms with Gasteiger partial charge in [-0.3, -0.25) is 0 Å². The maximum Gasteiger partial charge on any atom is 0.119 e. The summed E-state index contributed by atoms with van der Waals surface area (Å²) < 4.78 is 6.43. The van der Waals surface area contributed by atoms with Crippen molar-refractivity contribution in [1.29, 1.82) is 0 Å². The predicted molar refractivity (Wildman–Crippen MR) is 84.8 cm³/mol. The Morgan fingerprint density at radius 1 is 1.39 bits per heavy atom. The first kappa shape index (κ1) is 15.9. The second-order valence-corrected chi connectivity index (χ2v) is 6.99. The quantitative estimate of drug-likeness (QED) is 0.822. The van der Waals surface area contributed by atoms with Gasteiger partial charge >= 0.3 is 0 Å². The Morgan fingerprint density at radius 2 is 2.11 bits per heavy atom. The van der Waals surface area contributed by atoms with Crippen LogP contribution in [0.15, 0.2) is 22.7 Å². The fourth-order valence-corrected chi connectivity index (χ4v) is 2.96. The number of hydrogen-bond donors (Lipinski definition) is 1. The van der Waals surface area contributed by atoms with Crippen molar-refractivity contribution >= 4 is 27.7 Å². The van der Waals surface area contributed by atoms with Gasteiger partial charge in [-0.1, -0.05) is 29.8 Å². The maximum absolute atomic E-state index is 5.28. The van der Waals surface area contributed by atoms with E-state index in [1.54, 1.807) is 7.11 Å². The highest BCUT2D eigenvalue weighted by atomic mass is 79.9. The lowest BCUT2D eigenvalue weighted by Crippen LogP contribution is -2.30. The van der Waals surface area contributed by atoms with Crippen LogP contribution in [0.4, 0.5) is 0 Å². The highest BCUT2D eigenvalue weighted by Gasteiger charge is 2.11. The zero-order valence-corrected chi connectivity index (χ0v) is 13.9. The number of likely N-dealkylation sites (N-methyl/N-ethyl adjacent to an activating group) is 1. The van der Waals surface area contributed by atoms with E-state index in [1.165, 1.54) is 5.56 Å². The summed E-state index contributed by atoms with van der Waals surface area (Å²) >= 11 is 5.60. The molecule has 4 heteroatoms. The summed E-state index contributed by atoms with van der Waals surface area (Å²) in [6.07, 6.45) is 1.01. The Bertz CT molecular complexity index is 371. The minimum Gasteiger partial charge on any atom is -0.497 e. The first-order valence-corrected chi connectivity index (χ1v) is 8.02. The number of methoxy groups -OCH3 is 1. The molecule has 1 aromatic carbocycles. The summed E-state index contributed by atoms with van der Waals surface area (Å²) in [5, 5.41) is 4.06. The van der Waals surface area contributed by atoms with Gasteiger partial charge < -0.3 is 10.1 Å². The van der Waals surface area contributed by atoms with Gasteiger partial charge in [-0.15, -0.1) is 0 Å². The van der Waals surface area contributed by atoms with Crippen molar-refractivity contribution in [2.45, 2.75) is 31.6 Å². The summed E-state index contributed by atoms with van der Waals surface area (Å²) in [5.41, 5.74) is 1.29. The number of halogens is 1. The molecule has 1 atom stereocenters. The molecule has 0 aliphatic rings. The second-order valence-electron chi connectivity index (χ2n) is 4.53. The summed E-state index contributed by atoms with van der Waals surface area (Å²) in [5.74, 6) is 2.04. The minimum absolute atomic E-state index is 0.487. The molecule has 0 aromatic heterocycles. The molecule has 1 unspecified atom stereocenters. The molecule has 1 rings (SSSR count). The average molecular weight is 332 g/mol. The lowest BCUT2D eigenvalue weighted by atomic mass is 10.1. The fraction of sp³-hybridized carbons (Fsp3) is 0.571. The Balaban J connectivity index is 2.68. The number of hydrogen-bond acceptors (Lipinski definition) is 3. The molecule has 0 aliphatic carbocycles. The molecular formula is C14H22BrNOS. The number of ether oxygens (including phenoxy) is 1. The van der Waals surface area contributed by atoms with E-state index < -0.39 is 0 Å². The average Bonchev–Trinajstić information content (AvgIpc) is 2.36. The van der Waals surface area contributed by atoms with E-state index in [-0.39, 0.29) is 0 Å². The van der Waals surface area contributed by atoms with Crippen molar-refractivity contribution in [3.8, 4) is 5.75 Å². The third-order valence-corrected chi connectivity index (χ3v) is 4.79. The number of thioether (sulfide) groups is 1. The van der Waals surface area contributed by atoms with Gasteiger partial charge in [-0.05, 0) is 42.5 Å². The van der Waals surface area contributed by atoms with Gasteiger partial charge in [-0.25, -0.2) is 0 Å². The first-order chi connectivity index (χ1) is 8.56. The molecule has 0 saturated heterocycles. The fourth-order valence-electron chi connectivity index (χ4n) is 1.65. The van der Waals surface area contributed by atoms with Crippen LogP contribution in [0, 0.1) is 0 Å². The summed E-state index contributed by atoms with van der Waals surface area (Å²) in [4.78, 5) is 0. The van der Waals surface area contributed by atoms with E-state index in [9.17, 15) is 0 Å². The summed E-state index contributed by atoms with van der Waals surface area (Å²) in [7, 11) is 3.73. The molecule has 0 aliphatic heterocycles. The Kier molecular flexibility index (Phi) is 7.12. The Labute approximate surface area is 123 Å². The van der Waals surface area contributed by atoms with Crippen molar-refractivity contribution in [3.05, 3.63) is 28.2 Å². The maximum atomic E-state index is 5.28. The van der Waals surface area contributed by atoms with Crippen LogP contribution in [-0.2, 0) is 6.42 Å². The lowest BCUT2D eigenvalue weighted by Gasteiger charge is -2.18. The monoisotopic (exact) mass is 331 g/mol. The smallest absolute Gasteiger partial charge is 0.119 e. The molecule has 0 heterocycles. The van der Waals surface area contributed by atoms with Crippen LogP contribution in [0.2, 0.25) is 0 Å². The van der Waals surface area contributed by atoms with E-state index in [2.05, 4.69) is 47.2 Å². The molecule has 102 valence electrons. The van der Waals surface area contributed by atoms with Crippen LogP contribution < -0.4 is 10.1 Å². The van der Waals surface area contributed by atoms with E-state index in [1.807, 2.05) is 24.9 Å². The normalized spacial score (nSPS) is 12.8. The van der Waals surface area contributed by atoms with Gasteiger partial charge in [0.15, 0.2) is 0 Å². The molecule has 1 aromatic rings. The van der Waals surface area contributed by atoms with E-state index in [0.29, 0.717) is 11.3 Å². The number of rotatable bonds is 7. The summed E-state index contributed by atoms with van der Waals surface area (Å²) in [6, 6.07) is 6.62. The largest absolute Gasteiger partial charge is 0.497 e. The molecule has 1 N–H and O–H groups in total. The highest BCUT2D eigenvalue weighted by Crippen LogP contribution is 2.24. The van der Waals surface area contributed by atoms with Gasteiger partial charge in [0.05, 0.1) is 7.11 Å². The van der Waals surface area contributed by atoms with Gasteiger partial charge in [-0.2, -0.15) is 11.8 Å². The van der Waals surface area contributed by atoms with Gasteiger partial charge in [0, 0.05) is 16.3 Å². The van der Waals surface area contributed by atoms with Crippen LogP contribution in [-0.4, -0.2) is 31.2 Å². The number of benzene rings is 1. The van der Waals surface area contributed by atoms with Gasteiger partial charge in [0.1, 0.15) is 5.75 Å². The lowest BCUT2D eigenvalue weighted by molar-refractivity contribution is 0.414. The van der Waals surface area contributed by atoms with E-state index >= 15 is 0 Å². The first-order valence-electron chi connectivity index (χ1n) is 6.18.